The molecule has 0 atom stereocenters. The first-order chi connectivity index (χ1) is 11.1. The van der Waals surface area contributed by atoms with E-state index in [2.05, 4.69) is 36.2 Å². The molecule has 0 N–H and O–H groups in total. The van der Waals surface area contributed by atoms with Crippen molar-refractivity contribution in [1.82, 2.24) is 19.7 Å². The maximum Gasteiger partial charge on any atom is 0.254 e. The molecule has 0 saturated heterocycles. The van der Waals surface area contributed by atoms with Crippen LogP contribution in [0.4, 0.5) is 0 Å². The van der Waals surface area contributed by atoms with E-state index < -0.39 is 0 Å². The summed E-state index contributed by atoms with van der Waals surface area (Å²) in [5.74, 6) is 0.852. The number of hydrogen-bond donors (Lipinski definition) is 0. The molecule has 0 saturated carbocycles. The smallest absolute Gasteiger partial charge is 0.254 e. The van der Waals surface area contributed by atoms with Crippen molar-refractivity contribution >= 4 is 5.91 Å². The number of benzene rings is 1. The van der Waals surface area contributed by atoms with Crippen LogP contribution in [0.2, 0.25) is 0 Å². The zero-order valence-electron chi connectivity index (χ0n) is 14.1. The molecule has 1 aliphatic carbocycles. The van der Waals surface area contributed by atoms with Crippen molar-refractivity contribution in [3.05, 3.63) is 47.0 Å². The number of amides is 1. The Morgan fingerprint density at radius 3 is 2.74 bits per heavy atom. The van der Waals surface area contributed by atoms with Crippen LogP contribution in [0.3, 0.4) is 0 Å². The molecule has 0 bridgehead atoms. The topological polar surface area (TPSA) is 51.0 Å². The molecule has 2 aromatic rings. The summed E-state index contributed by atoms with van der Waals surface area (Å²) in [6.07, 6.45) is 6.42. The summed E-state index contributed by atoms with van der Waals surface area (Å²) in [6, 6.07) is 6.43. The van der Waals surface area contributed by atoms with Crippen molar-refractivity contribution in [3.8, 4) is 0 Å². The van der Waals surface area contributed by atoms with Gasteiger partial charge in [-0.15, -0.1) is 10.2 Å². The highest BCUT2D eigenvalue weighted by Gasteiger charge is 2.18. The van der Waals surface area contributed by atoms with Crippen LogP contribution in [0.15, 0.2) is 24.5 Å². The van der Waals surface area contributed by atoms with Crippen molar-refractivity contribution in [1.29, 1.82) is 0 Å². The van der Waals surface area contributed by atoms with E-state index in [1.54, 1.807) is 11.2 Å². The number of aromatic nitrogens is 3. The predicted molar refractivity (Wildman–Crippen MR) is 89.3 cm³/mol. The second-order valence-corrected chi connectivity index (χ2v) is 6.60. The fraction of sp³-hybridized carbons (Fsp3) is 0.500. The number of fused-ring (bicyclic) bond motifs is 1. The van der Waals surface area contributed by atoms with Crippen LogP contribution < -0.4 is 0 Å². The summed E-state index contributed by atoms with van der Waals surface area (Å²) in [7, 11) is 1.82. The van der Waals surface area contributed by atoms with E-state index in [9.17, 15) is 4.79 Å². The van der Waals surface area contributed by atoms with Gasteiger partial charge in [-0.25, -0.2) is 0 Å². The lowest BCUT2D eigenvalue weighted by Crippen LogP contribution is -2.28. The van der Waals surface area contributed by atoms with Crippen LogP contribution in [0.1, 0.15) is 60.0 Å². The minimum Gasteiger partial charge on any atom is -0.334 e. The first-order valence-electron chi connectivity index (χ1n) is 8.32. The summed E-state index contributed by atoms with van der Waals surface area (Å²) in [5.41, 5.74) is 3.50. The van der Waals surface area contributed by atoms with Crippen molar-refractivity contribution in [2.75, 3.05) is 7.05 Å². The Kier molecular flexibility index (Phi) is 4.46. The van der Waals surface area contributed by atoms with Gasteiger partial charge in [0.15, 0.2) is 5.82 Å². The molecule has 5 heteroatoms. The van der Waals surface area contributed by atoms with Crippen molar-refractivity contribution in [2.24, 2.45) is 0 Å². The van der Waals surface area contributed by atoms with E-state index in [1.807, 2.05) is 17.7 Å². The van der Waals surface area contributed by atoms with Gasteiger partial charge in [0.05, 0.1) is 6.54 Å². The maximum atomic E-state index is 12.7. The molecule has 0 unspecified atom stereocenters. The summed E-state index contributed by atoms with van der Waals surface area (Å²) in [4.78, 5) is 14.4. The standard InChI is InChI=1S/C18H24N4O/c1-13(2)22-12-19-20-17(22)11-21(3)18(23)16-9-8-14-6-4-5-7-15(14)10-16/h8-10,12-13H,4-7,11H2,1-3H3. The minimum absolute atomic E-state index is 0.0386. The summed E-state index contributed by atoms with van der Waals surface area (Å²) >= 11 is 0. The average Bonchev–Trinajstić information content (AvgIpc) is 3.02. The average molecular weight is 312 g/mol. The van der Waals surface area contributed by atoms with Crippen LogP contribution in [0.5, 0.6) is 0 Å². The monoisotopic (exact) mass is 312 g/mol. The first kappa shape index (κ1) is 15.7. The van der Waals surface area contributed by atoms with E-state index in [0.717, 1.165) is 24.2 Å². The third kappa shape index (κ3) is 3.28. The van der Waals surface area contributed by atoms with Crippen molar-refractivity contribution < 1.29 is 4.79 Å². The number of carbonyl (C=O) groups excluding carboxylic acids is 1. The van der Waals surface area contributed by atoms with Gasteiger partial charge in [0, 0.05) is 18.7 Å². The Balaban J connectivity index is 1.76. The summed E-state index contributed by atoms with van der Waals surface area (Å²) < 4.78 is 2.00. The molecule has 0 fully saturated rings. The second kappa shape index (κ2) is 6.52. The molecule has 1 aliphatic rings. The van der Waals surface area contributed by atoms with Gasteiger partial charge in [0.1, 0.15) is 6.33 Å². The van der Waals surface area contributed by atoms with Gasteiger partial charge in [-0.3, -0.25) is 4.79 Å². The van der Waals surface area contributed by atoms with E-state index in [0.29, 0.717) is 6.54 Å². The van der Waals surface area contributed by atoms with Crippen LogP contribution in [-0.2, 0) is 19.4 Å². The maximum absolute atomic E-state index is 12.7. The lowest BCUT2D eigenvalue weighted by molar-refractivity contribution is 0.0779. The number of nitrogens with zero attached hydrogens (tertiary/aromatic N) is 4. The molecule has 1 amide bonds. The fourth-order valence-corrected chi connectivity index (χ4v) is 3.18. The van der Waals surface area contributed by atoms with Crippen LogP contribution >= 0.6 is 0 Å². The molecule has 122 valence electrons. The molecule has 1 aromatic carbocycles. The molecule has 1 aromatic heterocycles. The second-order valence-electron chi connectivity index (χ2n) is 6.60. The quantitative estimate of drug-likeness (QED) is 0.872. The van der Waals surface area contributed by atoms with Gasteiger partial charge < -0.3 is 9.47 Å². The van der Waals surface area contributed by atoms with Crippen LogP contribution in [0, 0.1) is 0 Å². The van der Waals surface area contributed by atoms with Crippen molar-refractivity contribution in [3.63, 3.8) is 0 Å². The predicted octanol–water partition coefficient (Wildman–Crippen LogP) is 3.01. The summed E-state index contributed by atoms with van der Waals surface area (Å²) in [6.45, 7) is 4.63. The van der Waals surface area contributed by atoms with E-state index >= 15 is 0 Å². The highest BCUT2D eigenvalue weighted by molar-refractivity contribution is 5.94. The molecular formula is C18H24N4O. The van der Waals surface area contributed by atoms with Gasteiger partial charge in [0.2, 0.25) is 0 Å². The Bertz CT molecular complexity index is 705. The Labute approximate surface area is 137 Å². The molecule has 23 heavy (non-hydrogen) atoms. The Hall–Kier alpha value is -2.17. The number of hydrogen-bond acceptors (Lipinski definition) is 3. The molecule has 0 aliphatic heterocycles. The molecule has 0 radical (unpaired) electrons. The van der Waals surface area contributed by atoms with Gasteiger partial charge in [-0.05, 0) is 62.8 Å². The Morgan fingerprint density at radius 1 is 1.26 bits per heavy atom. The zero-order valence-corrected chi connectivity index (χ0v) is 14.1. The molecule has 3 rings (SSSR count). The van der Waals surface area contributed by atoms with Gasteiger partial charge in [0.25, 0.3) is 5.91 Å². The molecule has 0 spiro atoms. The number of rotatable bonds is 4. The minimum atomic E-state index is 0.0386. The summed E-state index contributed by atoms with van der Waals surface area (Å²) in [5, 5.41) is 8.10. The highest BCUT2D eigenvalue weighted by Crippen LogP contribution is 2.23. The highest BCUT2D eigenvalue weighted by atomic mass is 16.2. The van der Waals surface area contributed by atoms with Gasteiger partial charge >= 0.3 is 0 Å². The third-order valence-electron chi connectivity index (χ3n) is 4.52. The fourth-order valence-electron chi connectivity index (χ4n) is 3.18. The van der Waals surface area contributed by atoms with Crippen LogP contribution in [0.25, 0.3) is 0 Å². The number of aryl methyl sites for hydroxylation is 2. The van der Waals surface area contributed by atoms with Crippen molar-refractivity contribution in [2.45, 2.75) is 52.1 Å². The molecule has 5 nitrogen and oxygen atoms in total. The van der Waals surface area contributed by atoms with E-state index in [1.165, 1.54) is 24.0 Å². The lowest BCUT2D eigenvalue weighted by Gasteiger charge is -2.20. The van der Waals surface area contributed by atoms with Gasteiger partial charge in [-0.2, -0.15) is 0 Å². The molecular weight excluding hydrogens is 288 g/mol. The lowest BCUT2D eigenvalue weighted by atomic mass is 9.90. The Morgan fingerprint density at radius 2 is 2.00 bits per heavy atom. The molecule has 1 heterocycles. The first-order valence-corrected chi connectivity index (χ1v) is 8.32. The van der Waals surface area contributed by atoms with E-state index in [4.69, 9.17) is 0 Å². The van der Waals surface area contributed by atoms with Crippen LogP contribution in [-0.4, -0.2) is 32.6 Å². The largest absolute Gasteiger partial charge is 0.334 e. The zero-order chi connectivity index (χ0) is 16.4. The normalized spacial score (nSPS) is 13.9. The third-order valence-corrected chi connectivity index (χ3v) is 4.52. The van der Waals surface area contributed by atoms with E-state index in [-0.39, 0.29) is 11.9 Å². The number of carbonyl (C=O) groups is 1. The SMILES string of the molecule is CC(C)n1cnnc1CN(C)C(=O)c1ccc2c(c1)CCCC2. The van der Waals surface area contributed by atoms with Gasteiger partial charge in [-0.1, -0.05) is 6.07 Å².